The summed E-state index contributed by atoms with van der Waals surface area (Å²) < 4.78 is 122. The van der Waals surface area contributed by atoms with E-state index >= 15 is 0 Å². The predicted molar refractivity (Wildman–Crippen MR) is 336 cm³/mol. The summed E-state index contributed by atoms with van der Waals surface area (Å²) in [4.78, 5) is 4.90. The molecule has 0 bridgehead atoms. The fraction of sp³-hybridized carbons (Fsp3) is 0.211. The maximum Gasteiger partial charge on any atom is 0.269 e. The van der Waals surface area contributed by atoms with E-state index in [2.05, 4.69) is 114 Å². The highest BCUT2D eigenvalue weighted by atomic mass is 16.5. The fourth-order valence-electron chi connectivity index (χ4n) is 13.0. The Balaban J connectivity index is 1.09. The van der Waals surface area contributed by atoms with Gasteiger partial charge in [0.15, 0.2) is 0 Å². The second kappa shape index (κ2) is 18.4. The van der Waals surface area contributed by atoms with Crippen molar-refractivity contribution in [3.05, 3.63) is 233 Å². The van der Waals surface area contributed by atoms with Gasteiger partial charge in [0.1, 0.15) is 17.3 Å². The lowest BCUT2D eigenvalue weighted by atomic mass is 9.62. The van der Waals surface area contributed by atoms with Gasteiger partial charge in [0.25, 0.3) is 6.33 Å². The van der Waals surface area contributed by atoms with Crippen molar-refractivity contribution in [2.75, 3.05) is 0 Å². The molecule has 0 unspecified atom stereocenters. The molecule has 12 aromatic rings. The number of aryl methyl sites for hydroxylation is 4. The van der Waals surface area contributed by atoms with Crippen molar-refractivity contribution in [2.45, 2.75) is 105 Å². The van der Waals surface area contributed by atoms with Crippen molar-refractivity contribution in [1.82, 2.24) is 14.1 Å². The van der Waals surface area contributed by atoms with Gasteiger partial charge in [-0.1, -0.05) is 158 Å². The topological polar surface area (TPSA) is 35.9 Å². The number of fused-ring (bicyclic) bond motifs is 11. The Labute approximate surface area is 493 Å². The summed E-state index contributed by atoms with van der Waals surface area (Å²) in [5.74, 6) is 1.87. The Morgan fingerprint density at radius 2 is 1.10 bits per heavy atom. The van der Waals surface area contributed by atoms with Crippen LogP contribution in [-0.2, 0) is 16.2 Å². The highest BCUT2D eigenvalue weighted by Crippen LogP contribution is 2.53. The first-order valence-corrected chi connectivity index (χ1v) is 27.8. The summed E-state index contributed by atoms with van der Waals surface area (Å²) in [7, 11) is 0. The highest BCUT2D eigenvalue weighted by Gasteiger charge is 2.39. The molecule has 4 heterocycles. The normalized spacial score (nSPS) is 17.0. The lowest BCUT2D eigenvalue weighted by Gasteiger charge is -2.42. The first-order valence-electron chi connectivity index (χ1n) is 33.8. The van der Waals surface area contributed by atoms with Crippen LogP contribution in [-0.4, -0.2) is 14.1 Å². The van der Waals surface area contributed by atoms with Crippen LogP contribution in [0.15, 0.2) is 188 Å². The van der Waals surface area contributed by atoms with Crippen LogP contribution >= 0.6 is 0 Å². The average molecular weight is 1070 g/mol. The molecule has 0 fully saturated rings. The van der Waals surface area contributed by atoms with E-state index in [9.17, 15) is 8.22 Å². The third kappa shape index (κ3) is 8.10. The fourth-order valence-corrected chi connectivity index (χ4v) is 13.0. The van der Waals surface area contributed by atoms with Gasteiger partial charge < -0.3 is 4.74 Å². The minimum absolute atomic E-state index is 0.0921. The Morgan fingerprint density at radius 1 is 0.519 bits per heavy atom. The third-order valence-corrected chi connectivity index (χ3v) is 17.3. The van der Waals surface area contributed by atoms with E-state index in [1.54, 1.807) is 6.07 Å². The molecule has 0 radical (unpaired) electrons. The van der Waals surface area contributed by atoms with Crippen LogP contribution in [0, 0.1) is 33.7 Å². The summed E-state index contributed by atoms with van der Waals surface area (Å²) in [6, 6.07) is 56.8. The molecule has 2 aliphatic rings. The van der Waals surface area contributed by atoms with Gasteiger partial charge in [0, 0.05) is 39.5 Å². The number of ether oxygens (including phenoxy) is 1. The summed E-state index contributed by atoms with van der Waals surface area (Å²) in [6.45, 7) is 4.00. The van der Waals surface area contributed by atoms with Crippen LogP contribution in [0.1, 0.15) is 117 Å². The quantitative estimate of drug-likeness (QED) is 0.123. The Morgan fingerprint density at radius 3 is 1.80 bits per heavy atom. The third-order valence-electron chi connectivity index (χ3n) is 17.3. The standard InChI is InChI=1S/C76H68N4O/c1-46-20-16-21-47(2)70(46)50-38-62-61-44-65-64(75(8,9)35-36-76(65,10)11)43-60(61)56-27-13-12-26-55(56)59-29-19-31-67-73(59)79(72(62)63(39-50)71-48(3)22-17-23-49(71)4)45-78(67)52-24-18-25-53(41-52)81-54-32-33-58-57-28-14-15-30-66(57)80(68(58)42-54)69-40-51(34-37-77-69)74(5,6)7/h12-34,37-44H,35-36H2,1-11H3/i1D3,2D3,3D3,4D3. The molecule has 0 atom stereocenters. The molecule has 3 aromatic heterocycles. The molecule has 0 amide bonds. The van der Waals surface area contributed by atoms with E-state index in [4.69, 9.17) is 17.9 Å². The predicted octanol–water partition coefficient (Wildman–Crippen LogP) is 19.5. The summed E-state index contributed by atoms with van der Waals surface area (Å²) in [5.41, 5.74) is 10.2. The van der Waals surface area contributed by atoms with Gasteiger partial charge in [-0.2, -0.15) is 0 Å². The van der Waals surface area contributed by atoms with Crippen LogP contribution in [0.4, 0.5) is 0 Å². The highest BCUT2D eigenvalue weighted by molar-refractivity contribution is 6.10. The van der Waals surface area contributed by atoms with E-state index in [1.807, 2.05) is 100 Å². The van der Waals surface area contributed by atoms with E-state index in [-0.39, 0.29) is 60.8 Å². The molecule has 14 rings (SSSR count). The van der Waals surface area contributed by atoms with Crippen LogP contribution in [0.3, 0.4) is 0 Å². The molecule has 0 saturated heterocycles. The van der Waals surface area contributed by atoms with Gasteiger partial charge in [0.2, 0.25) is 0 Å². The van der Waals surface area contributed by atoms with Gasteiger partial charge in [-0.25, -0.2) is 4.98 Å². The molecule has 0 N–H and O–H groups in total. The lowest BCUT2D eigenvalue weighted by molar-refractivity contribution is -0.570. The molecular formula is C76H68N4O. The average Bonchev–Trinajstić information content (AvgIpc) is 1.69. The molecule has 9 aromatic carbocycles. The largest absolute Gasteiger partial charge is 0.458 e. The monoisotopic (exact) mass is 1060 g/mol. The van der Waals surface area contributed by atoms with E-state index in [0.717, 1.165) is 79.4 Å². The van der Waals surface area contributed by atoms with E-state index in [1.165, 1.54) is 36.4 Å². The summed E-state index contributed by atoms with van der Waals surface area (Å²) in [6.07, 6.45) is 7.40. The van der Waals surface area contributed by atoms with Crippen molar-refractivity contribution in [3.8, 4) is 84.3 Å². The number of imidazole rings is 1. The van der Waals surface area contributed by atoms with Gasteiger partial charge >= 0.3 is 0 Å². The molecule has 398 valence electrons. The van der Waals surface area contributed by atoms with E-state index in [0.29, 0.717) is 45.0 Å². The molecule has 5 heteroatoms. The first kappa shape index (κ1) is 38.7. The van der Waals surface area contributed by atoms with Crippen LogP contribution < -0.4 is 9.30 Å². The Hall–Kier alpha value is -8.80. The molecule has 1 aliphatic carbocycles. The Kier molecular flexibility index (Phi) is 8.79. The lowest BCUT2D eigenvalue weighted by Crippen LogP contribution is -2.34. The molecular weight excluding hydrogens is 985 g/mol. The van der Waals surface area contributed by atoms with Crippen molar-refractivity contribution in [1.29, 1.82) is 0 Å². The molecule has 81 heavy (non-hydrogen) atoms. The zero-order chi connectivity index (χ0) is 65.9. The minimum atomic E-state index is -2.91. The number of hydrogen-bond acceptors (Lipinski definition) is 2. The number of aromatic nitrogens is 4. The zero-order valence-corrected chi connectivity index (χ0v) is 46.5. The number of nitrogens with zero attached hydrogens (tertiary/aromatic N) is 4. The van der Waals surface area contributed by atoms with Crippen LogP contribution in [0.25, 0.3) is 106 Å². The summed E-state index contributed by atoms with van der Waals surface area (Å²) >= 11 is 0. The SMILES string of the molecule is [2H]C([2H])([2H])c1cccc(C([2H])([2H])[2H])c1-c1cc2c(c(-c3c(C([2H])([2H])[2H])cccc3C([2H])([2H])[2H])c1)-[n+]1[c-]n(-c3cccc(Oc4ccc5c6ccccc6n(-c6cc(C(C)(C)C)ccn6)c5c4)c3)c3cccc(c31)-c1ccccc1-c1cc3c(cc1-2)C(C)(C)CCC3(C)C. The van der Waals surface area contributed by atoms with E-state index < -0.39 is 27.4 Å². The number of rotatable bonds is 6. The van der Waals surface area contributed by atoms with Gasteiger partial charge in [0.05, 0.1) is 33.4 Å². The molecule has 0 spiro atoms. The van der Waals surface area contributed by atoms with Crippen molar-refractivity contribution in [2.24, 2.45) is 0 Å². The minimum Gasteiger partial charge on any atom is -0.458 e. The molecule has 1 aliphatic heterocycles. The van der Waals surface area contributed by atoms with Gasteiger partial charge in [-0.15, -0.1) is 0 Å². The smallest absolute Gasteiger partial charge is 0.269 e. The van der Waals surface area contributed by atoms with Crippen LogP contribution in [0.5, 0.6) is 11.5 Å². The second-order valence-electron chi connectivity index (χ2n) is 24.4. The maximum absolute atomic E-state index is 9.22. The number of pyridine rings is 1. The maximum atomic E-state index is 9.22. The molecule has 5 nitrogen and oxygen atoms in total. The van der Waals surface area contributed by atoms with Crippen molar-refractivity contribution < 1.29 is 25.8 Å². The summed E-state index contributed by atoms with van der Waals surface area (Å²) in [5, 5.41) is 2.11. The van der Waals surface area contributed by atoms with Crippen molar-refractivity contribution >= 4 is 32.8 Å². The Bertz CT molecular complexity index is 5000. The number of benzene rings is 9. The molecule has 0 saturated carbocycles. The van der Waals surface area contributed by atoms with Crippen LogP contribution in [0.2, 0.25) is 0 Å². The zero-order valence-electron chi connectivity index (χ0n) is 58.5. The number of para-hydroxylation sites is 2. The van der Waals surface area contributed by atoms with Crippen molar-refractivity contribution in [3.63, 3.8) is 0 Å². The first-order chi connectivity index (χ1) is 43.8. The van der Waals surface area contributed by atoms with Gasteiger partial charge in [-0.05, 0) is 218 Å². The second-order valence-corrected chi connectivity index (χ2v) is 24.4. The number of hydrogen-bond donors (Lipinski definition) is 0. The van der Waals surface area contributed by atoms with Gasteiger partial charge in [-0.3, -0.25) is 13.7 Å².